The number of hydrogen-bond donors (Lipinski definition) is 1. The predicted molar refractivity (Wildman–Crippen MR) is 135 cm³/mol. The van der Waals surface area contributed by atoms with Crippen LogP contribution >= 0.6 is 11.6 Å². The first-order valence-corrected chi connectivity index (χ1v) is 11.7. The van der Waals surface area contributed by atoms with Gasteiger partial charge in [0.15, 0.2) is 0 Å². The number of aryl methyl sites for hydroxylation is 2. The lowest BCUT2D eigenvalue weighted by Gasteiger charge is -2.10. The highest BCUT2D eigenvalue weighted by molar-refractivity contribution is 6.31. The summed E-state index contributed by atoms with van der Waals surface area (Å²) in [7, 11) is 1.68. The van der Waals surface area contributed by atoms with Crippen LogP contribution in [0.25, 0.3) is 10.9 Å². The fourth-order valence-corrected chi connectivity index (χ4v) is 4.10. The maximum Gasteiger partial charge on any atom is 0.128 e. The smallest absolute Gasteiger partial charge is 0.128 e. The van der Waals surface area contributed by atoms with E-state index in [0.717, 1.165) is 78.2 Å². The predicted octanol–water partition coefficient (Wildman–Crippen LogP) is 6.41. The number of pyridine rings is 1. The Balaban J connectivity index is 1.25. The zero-order valence-corrected chi connectivity index (χ0v) is 19.9. The van der Waals surface area contributed by atoms with E-state index in [-0.39, 0.29) is 0 Å². The number of nitrogens with one attached hydrogen (secondary N) is 1. The number of fused-ring (bicyclic) bond motifs is 1. The Kier molecular flexibility index (Phi) is 7.74. The third-order valence-electron chi connectivity index (χ3n) is 5.60. The van der Waals surface area contributed by atoms with E-state index in [1.165, 1.54) is 5.56 Å². The van der Waals surface area contributed by atoms with Crippen molar-refractivity contribution in [3.05, 3.63) is 88.6 Å². The summed E-state index contributed by atoms with van der Waals surface area (Å²) in [6.07, 6.45) is 6.79. The number of halogens is 1. The second-order valence-electron chi connectivity index (χ2n) is 8.20. The van der Waals surface area contributed by atoms with E-state index in [4.69, 9.17) is 21.3 Å². The molecular formula is C27H29ClN4O. The second kappa shape index (κ2) is 11.1. The first-order chi connectivity index (χ1) is 16.1. The van der Waals surface area contributed by atoms with Crippen molar-refractivity contribution in [3.8, 4) is 5.75 Å². The molecule has 33 heavy (non-hydrogen) atoms. The first kappa shape index (κ1) is 23.0. The molecule has 0 radical (unpaired) electrons. The van der Waals surface area contributed by atoms with Gasteiger partial charge < -0.3 is 10.1 Å². The summed E-state index contributed by atoms with van der Waals surface area (Å²) in [5.41, 5.74) is 5.32. The van der Waals surface area contributed by atoms with Crippen molar-refractivity contribution in [1.29, 1.82) is 0 Å². The zero-order chi connectivity index (χ0) is 23.0. The van der Waals surface area contributed by atoms with Gasteiger partial charge in [0, 0.05) is 53.1 Å². The molecule has 0 spiro atoms. The average molecular weight is 461 g/mol. The van der Waals surface area contributed by atoms with Gasteiger partial charge >= 0.3 is 0 Å². The molecule has 0 atom stereocenters. The summed E-state index contributed by atoms with van der Waals surface area (Å²) in [4.78, 5) is 13.8. The molecule has 2 aromatic heterocycles. The lowest BCUT2D eigenvalue weighted by atomic mass is 10.1. The fraction of sp³-hybridized carbons (Fsp3) is 0.296. The van der Waals surface area contributed by atoms with Crippen molar-refractivity contribution < 1.29 is 4.74 Å². The highest BCUT2D eigenvalue weighted by atomic mass is 35.5. The highest BCUT2D eigenvalue weighted by Crippen LogP contribution is 2.24. The lowest BCUT2D eigenvalue weighted by Crippen LogP contribution is -2.04. The van der Waals surface area contributed by atoms with Crippen LogP contribution in [-0.2, 0) is 12.8 Å². The van der Waals surface area contributed by atoms with Gasteiger partial charge in [0.25, 0.3) is 0 Å². The van der Waals surface area contributed by atoms with Gasteiger partial charge in [-0.15, -0.1) is 0 Å². The van der Waals surface area contributed by atoms with Crippen molar-refractivity contribution in [2.75, 3.05) is 19.0 Å². The van der Waals surface area contributed by atoms with Gasteiger partial charge in [-0.1, -0.05) is 30.2 Å². The van der Waals surface area contributed by atoms with Gasteiger partial charge in [0.1, 0.15) is 11.6 Å². The van der Waals surface area contributed by atoms with Crippen molar-refractivity contribution >= 4 is 28.2 Å². The molecule has 0 unspecified atom stereocenters. The van der Waals surface area contributed by atoms with E-state index in [9.17, 15) is 0 Å². The Labute approximate surface area is 200 Å². The molecule has 2 heterocycles. The molecule has 0 fully saturated rings. The summed E-state index contributed by atoms with van der Waals surface area (Å²) in [5.74, 6) is 1.80. The maximum absolute atomic E-state index is 6.08. The van der Waals surface area contributed by atoms with E-state index < -0.39 is 0 Å². The zero-order valence-electron chi connectivity index (χ0n) is 19.1. The van der Waals surface area contributed by atoms with Crippen molar-refractivity contribution in [3.63, 3.8) is 0 Å². The number of benzene rings is 2. The van der Waals surface area contributed by atoms with Crippen LogP contribution in [0.15, 0.2) is 60.8 Å². The summed E-state index contributed by atoms with van der Waals surface area (Å²) in [6.45, 7) is 2.96. The largest absolute Gasteiger partial charge is 0.497 e. The van der Waals surface area contributed by atoms with E-state index in [2.05, 4.69) is 33.5 Å². The molecule has 0 aliphatic heterocycles. The van der Waals surface area contributed by atoms with Crippen LogP contribution in [0.1, 0.15) is 42.0 Å². The van der Waals surface area contributed by atoms with Gasteiger partial charge in [-0.25, -0.2) is 9.97 Å². The summed E-state index contributed by atoms with van der Waals surface area (Å²) >= 11 is 6.08. The summed E-state index contributed by atoms with van der Waals surface area (Å²) < 4.78 is 5.24. The molecule has 0 bridgehead atoms. The molecule has 170 valence electrons. The van der Waals surface area contributed by atoms with Crippen molar-refractivity contribution in [2.45, 2.75) is 39.0 Å². The first-order valence-electron chi connectivity index (χ1n) is 11.4. The van der Waals surface area contributed by atoms with Crippen LogP contribution in [0.3, 0.4) is 0 Å². The molecular weight excluding hydrogens is 432 g/mol. The monoisotopic (exact) mass is 460 g/mol. The van der Waals surface area contributed by atoms with Crippen LogP contribution in [0, 0.1) is 6.92 Å². The number of hydrogen-bond acceptors (Lipinski definition) is 5. The van der Waals surface area contributed by atoms with Crippen molar-refractivity contribution in [2.24, 2.45) is 0 Å². The fourth-order valence-electron chi connectivity index (χ4n) is 3.94. The molecule has 0 amide bonds. The summed E-state index contributed by atoms with van der Waals surface area (Å²) in [5, 5.41) is 5.34. The number of nitrogens with zero attached hydrogens (tertiary/aromatic N) is 3. The van der Waals surface area contributed by atoms with Crippen LogP contribution in [0.2, 0.25) is 5.02 Å². The van der Waals surface area contributed by atoms with Gasteiger partial charge in [-0.2, -0.15) is 0 Å². The average Bonchev–Trinajstić information content (AvgIpc) is 2.81. The normalized spacial score (nSPS) is 11.0. The van der Waals surface area contributed by atoms with Crippen LogP contribution in [0.4, 0.5) is 5.69 Å². The van der Waals surface area contributed by atoms with Crippen LogP contribution in [0.5, 0.6) is 5.75 Å². The number of anilines is 1. The van der Waals surface area contributed by atoms with Crippen LogP contribution in [-0.4, -0.2) is 28.6 Å². The standard InChI is InChI=1S/C27H29ClN4O/c1-19-16-22(17-20-7-10-23(33-2)11-8-20)32-27(31-19)6-4-3-5-14-29-25-13-15-30-26-18-21(28)9-12-24(25)26/h7-13,15-16,18H,3-6,14,17H2,1-2H3,(H,29,30). The van der Waals surface area contributed by atoms with Gasteiger partial charge in [0.2, 0.25) is 0 Å². The lowest BCUT2D eigenvalue weighted by molar-refractivity contribution is 0.414. The highest BCUT2D eigenvalue weighted by Gasteiger charge is 2.06. The molecule has 0 saturated carbocycles. The molecule has 0 aliphatic carbocycles. The Morgan fingerprint density at radius 2 is 1.79 bits per heavy atom. The Bertz CT molecular complexity index is 1210. The Morgan fingerprint density at radius 1 is 0.939 bits per heavy atom. The summed E-state index contributed by atoms with van der Waals surface area (Å²) in [6, 6.07) is 18.1. The number of ether oxygens (including phenoxy) is 1. The van der Waals surface area contributed by atoms with Gasteiger partial charge in [-0.3, -0.25) is 4.98 Å². The third-order valence-corrected chi connectivity index (χ3v) is 5.83. The van der Waals surface area contributed by atoms with E-state index in [1.54, 1.807) is 7.11 Å². The second-order valence-corrected chi connectivity index (χ2v) is 8.64. The van der Waals surface area contributed by atoms with E-state index >= 15 is 0 Å². The van der Waals surface area contributed by atoms with Gasteiger partial charge in [-0.05, 0) is 67.8 Å². The van der Waals surface area contributed by atoms with Crippen molar-refractivity contribution in [1.82, 2.24) is 15.0 Å². The molecule has 5 nitrogen and oxygen atoms in total. The van der Waals surface area contributed by atoms with Gasteiger partial charge in [0.05, 0.1) is 12.6 Å². The topological polar surface area (TPSA) is 59.9 Å². The Hall–Kier alpha value is -3.18. The molecule has 2 aromatic carbocycles. The minimum absolute atomic E-state index is 0.706. The Morgan fingerprint density at radius 3 is 2.61 bits per heavy atom. The molecule has 6 heteroatoms. The minimum atomic E-state index is 0.706. The number of aromatic nitrogens is 3. The number of methoxy groups -OCH3 is 1. The third kappa shape index (κ3) is 6.42. The number of unbranched alkanes of at least 4 members (excludes halogenated alkanes) is 2. The van der Waals surface area contributed by atoms with E-state index in [1.807, 2.05) is 49.5 Å². The van der Waals surface area contributed by atoms with E-state index in [0.29, 0.717) is 5.02 Å². The maximum atomic E-state index is 6.08. The quantitative estimate of drug-likeness (QED) is 0.277. The molecule has 4 rings (SSSR count). The molecule has 4 aromatic rings. The minimum Gasteiger partial charge on any atom is -0.497 e. The SMILES string of the molecule is COc1ccc(Cc2cc(C)nc(CCCCCNc3ccnc4cc(Cl)ccc34)n2)cc1. The molecule has 0 aliphatic rings. The molecule has 1 N–H and O–H groups in total. The van der Waals surface area contributed by atoms with Crippen LogP contribution < -0.4 is 10.1 Å². The molecule has 0 saturated heterocycles. The number of rotatable bonds is 10.